The van der Waals surface area contributed by atoms with Crippen molar-refractivity contribution in [3.8, 4) is 0 Å². The van der Waals surface area contributed by atoms with Gasteiger partial charge in [-0.15, -0.1) is 0 Å². The number of fused-ring (bicyclic) bond motifs is 1. The van der Waals surface area contributed by atoms with E-state index < -0.39 is 15.9 Å². The summed E-state index contributed by atoms with van der Waals surface area (Å²) in [5, 5.41) is 2.70. The number of nitrogens with zero attached hydrogens (tertiary/aromatic N) is 2. The van der Waals surface area contributed by atoms with E-state index in [2.05, 4.69) is 5.32 Å². The molecule has 0 bridgehead atoms. The van der Waals surface area contributed by atoms with Crippen LogP contribution in [0.4, 0.5) is 17.1 Å². The second-order valence-corrected chi connectivity index (χ2v) is 8.06. The largest absolute Gasteiger partial charge is 0.323 e. The number of carbonyl (C=O) groups excluding carboxylic acids is 2. The van der Waals surface area contributed by atoms with Gasteiger partial charge in [-0.05, 0) is 36.8 Å². The van der Waals surface area contributed by atoms with E-state index in [1.165, 1.54) is 4.90 Å². The van der Waals surface area contributed by atoms with E-state index >= 15 is 0 Å². The summed E-state index contributed by atoms with van der Waals surface area (Å²) in [5.41, 5.74) is 2.37. The summed E-state index contributed by atoms with van der Waals surface area (Å²) in [6, 6.07) is 13.8. The summed E-state index contributed by atoms with van der Waals surface area (Å²) in [6.45, 7) is 1.31. The Morgan fingerprint density at radius 1 is 1.19 bits per heavy atom. The summed E-state index contributed by atoms with van der Waals surface area (Å²) >= 11 is 0. The Bertz CT molecular complexity index is 972. The Morgan fingerprint density at radius 3 is 2.62 bits per heavy atom. The summed E-state index contributed by atoms with van der Waals surface area (Å²) < 4.78 is 25.5. The van der Waals surface area contributed by atoms with Crippen LogP contribution in [0.5, 0.6) is 0 Å². The second-order valence-electron chi connectivity index (χ2n) is 6.15. The van der Waals surface area contributed by atoms with E-state index in [0.717, 1.165) is 16.1 Å². The lowest BCUT2D eigenvalue weighted by Crippen LogP contribution is -2.47. The van der Waals surface area contributed by atoms with Crippen molar-refractivity contribution < 1.29 is 18.0 Å². The van der Waals surface area contributed by atoms with Gasteiger partial charge >= 0.3 is 0 Å². The fourth-order valence-electron chi connectivity index (χ4n) is 2.85. The van der Waals surface area contributed by atoms with Crippen LogP contribution in [-0.4, -0.2) is 39.6 Å². The lowest BCUT2D eigenvalue weighted by atomic mass is 10.2. The van der Waals surface area contributed by atoms with Crippen LogP contribution in [0.25, 0.3) is 0 Å². The highest BCUT2D eigenvalue weighted by Gasteiger charge is 2.30. The van der Waals surface area contributed by atoms with Crippen LogP contribution in [0.3, 0.4) is 0 Å². The van der Waals surface area contributed by atoms with Gasteiger partial charge in [-0.25, -0.2) is 8.42 Å². The van der Waals surface area contributed by atoms with Crippen molar-refractivity contribution in [2.45, 2.75) is 6.92 Å². The Hall–Kier alpha value is -2.87. The zero-order chi connectivity index (χ0) is 18.9. The lowest BCUT2D eigenvalue weighted by Gasteiger charge is -2.31. The van der Waals surface area contributed by atoms with Crippen LogP contribution in [0.15, 0.2) is 48.5 Å². The number of aryl methyl sites for hydroxylation is 1. The number of rotatable bonds is 4. The fourth-order valence-corrected chi connectivity index (χ4v) is 3.69. The molecule has 0 saturated heterocycles. The highest BCUT2D eigenvalue weighted by molar-refractivity contribution is 7.92. The zero-order valence-corrected chi connectivity index (χ0v) is 15.3. The molecule has 0 spiro atoms. The zero-order valence-electron chi connectivity index (χ0n) is 14.5. The number of sulfonamides is 1. The summed E-state index contributed by atoms with van der Waals surface area (Å²) in [7, 11) is -3.67. The van der Waals surface area contributed by atoms with Gasteiger partial charge in [-0.2, -0.15) is 0 Å². The van der Waals surface area contributed by atoms with E-state index in [1.807, 2.05) is 13.0 Å². The third-order valence-electron chi connectivity index (χ3n) is 4.04. The number of anilines is 3. The summed E-state index contributed by atoms with van der Waals surface area (Å²) in [5.74, 6) is -0.794. The molecule has 2 aromatic carbocycles. The van der Waals surface area contributed by atoms with Gasteiger partial charge in [0.1, 0.15) is 13.1 Å². The molecule has 0 saturated carbocycles. The molecule has 0 aliphatic carbocycles. The van der Waals surface area contributed by atoms with Crippen molar-refractivity contribution in [3.05, 3.63) is 54.1 Å². The first-order chi connectivity index (χ1) is 12.3. The first-order valence-corrected chi connectivity index (χ1v) is 9.84. The topological polar surface area (TPSA) is 86.8 Å². The molecule has 3 rings (SSSR count). The van der Waals surface area contributed by atoms with Crippen molar-refractivity contribution in [2.24, 2.45) is 0 Å². The molecule has 7 nitrogen and oxygen atoms in total. The van der Waals surface area contributed by atoms with Crippen LogP contribution in [0.2, 0.25) is 0 Å². The van der Waals surface area contributed by atoms with Gasteiger partial charge in [0, 0.05) is 0 Å². The number of amides is 2. The van der Waals surface area contributed by atoms with E-state index in [1.54, 1.807) is 42.5 Å². The van der Waals surface area contributed by atoms with Gasteiger partial charge in [0.15, 0.2) is 0 Å². The minimum atomic E-state index is -3.67. The van der Waals surface area contributed by atoms with Crippen LogP contribution in [0, 0.1) is 6.92 Å². The molecular weight excluding hydrogens is 354 g/mol. The highest BCUT2D eigenvalue weighted by atomic mass is 32.2. The maximum atomic E-state index is 12.9. The van der Waals surface area contributed by atoms with Gasteiger partial charge in [-0.1, -0.05) is 24.3 Å². The molecule has 1 heterocycles. The number of benzene rings is 2. The molecule has 0 atom stereocenters. The Kier molecular flexibility index (Phi) is 4.69. The van der Waals surface area contributed by atoms with Gasteiger partial charge < -0.3 is 5.32 Å². The van der Waals surface area contributed by atoms with Gasteiger partial charge in [-0.3, -0.25) is 18.8 Å². The summed E-state index contributed by atoms with van der Waals surface area (Å²) in [6.07, 6.45) is 1.06. The van der Waals surface area contributed by atoms with Crippen molar-refractivity contribution in [3.63, 3.8) is 0 Å². The van der Waals surface area contributed by atoms with Crippen LogP contribution in [0.1, 0.15) is 5.56 Å². The van der Waals surface area contributed by atoms with E-state index in [-0.39, 0.29) is 19.0 Å². The van der Waals surface area contributed by atoms with Gasteiger partial charge in [0.25, 0.3) is 0 Å². The molecule has 0 fully saturated rings. The van der Waals surface area contributed by atoms with Gasteiger partial charge in [0.2, 0.25) is 21.8 Å². The van der Waals surface area contributed by atoms with Crippen LogP contribution >= 0.6 is 0 Å². The summed E-state index contributed by atoms with van der Waals surface area (Å²) in [4.78, 5) is 26.1. The average Bonchev–Trinajstić information content (AvgIpc) is 2.57. The Labute approximate surface area is 152 Å². The van der Waals surface area contributed by atoms with Crippen molar-refractivity contribution >= 4 is 38.9 Å². The van der Waals surface area contributed by atoms with Gasteiger partial charge in [0.05, 0.1) is 23.3 Å². The number of carbonyl (C=O) groups is 2. The maximum Gasteiger partial charge on any atom is 0.248 e. The molecule has 136 valence electrons. The first kappa shape index (κ1) is 17.9. The molecule has 2 aromatic rings. The smallest absolute Gasteiger partial charge is 0.248 e. The Morgan fingerprint density at radius 2 is 1.92 bits per heavy atom. The molecular formula is C18H19N3O4S. The molecule has 8 heteroatoms. The number of hydrogen-bond acceptors (Lipinski definition) is 4. The molecule has 26 heavy (non-hydrogen) atoms. The minimum absolute atomic E-state index is 0.152. The molecule has 1 aliphatic rings. The molecule has 1 aliphatic heterocycles. The van der Waals surface area contributed by atoms with Crippen LogP contribution in [-0.2, 0) is 19.6 Å². The highest BCUT2D eigenvalue weighted by Crippen LogP contribution is 2.29. The quantitative estimate of drug-likeness (QED) is 0.885. The predicted molar refractivity (Wildman–Crippen MR) is 101 cm³/mol. The van der Waals surface area contributed by atoms with Crippen LogP contribution < -0.4 is 14.5 Å². The SMILES string of the molecule is Cc1cccc(N(CC(=O)N2CC(=O)Nc3ccccc32)S(C)(=O)=O)c1. The number of hydrogen-bond donors (Lipinski definition) is 1. The standard InChI is InChI=1S/C18H19N3O4S/c1-13-6-5-7-14(10-13)21(26(2,24)25)12-18(23)20-11-17(22)19-15-8-3-4-9-16(15)20/h3-10H,11-12H2,1-2H3,(H,19,22). The van der Waals surface area contributed by atoms with Crippen molar-refractivity contribution in [2.75, 3.05) is 33.9 Å². The Balaban J connectivity index is 1.93. The lowest BCUT2D eigenvalue weighted by molar-refractivity contribution is -0.121. The van der Waals surface area contributed by atoms with Crippen molar-refractivity contribution in [1.82, 2.24) is 0 Å². The monoisotopic (exact) mass is 373 g/mol. The third kappa shape index (κ3) is 3.70. The molecule has 0 unspecified atom stereocenters. The molecule has 2 amide bonds. The molecule has 1 N–H and O–H groups in total. The minimum Gasteiger partial charge on any atom is -0.323 e. The molecule has 0 aromatic heterocycles. The maximum absolute atomic E-state index is 12.9. The van der Waals surface area contributed by atoms with E-state index in [0.29, 0.717) is 17.1 Å². The second kappa shape index (κ2) is 6.80. The van der Waals surface area contributed by atoms with E-state index in [9.17, 15) is 18.0 Å². The van der Waals surface area contributed by atoms with Crippen molar-refractivity contribution in [1.29, 1.82) is 0 Å². The average molecular weight is 373 g/mol. The fraction of sp³-hybridized carbons (Fsp3) is 0.222. The third-order valence-corrected chi connectivity index (χ3v) is 5.18. The normalized spacial score (nSPS) is 13.8. The number of para-hydroxylation sites is 2. The first-order valence-electron chi connectivity index (χ1n) is 7.99. The molecule has 0 radical (unpaired) electrons. The predicted octanol–water partition coefficient (Wildman–Crippen LogP) is 1.75. The number of nitrogens with one attached hydrogen (secondary N) is 1. The van der Waals surface area contributed by atoms with E-state index in [4.69, 9.17) is 0 Å².